The fourth-order valence-electron chi connectivity index (χ4n) is 3.46. The third-order valence-electron chi connectivity index (χ3n) is 4.30. The fourth-order valence-corrected chi connectivity index (χ4v) is 3.46. The number of ether oxygens (including phenoxy) is 1. The first kappa shape index (κ1) is 12.9. The topological polar surface area (TPSA) is 35.2 Å². The second-order valence-electron chi connectivity index (χ2n) is 5.34. The lowest BCUT2D eigenvalue weighted by Crippen LogP contribution is -2.31. The van der Waals surface area contributed by atoms with Crippen molar-refractivity contribution in [1.29, 1.82) is 0 Å². The Morgan fingerprint density at radius 3 is 2.63 bits per heavy atom. The normalized spacial score (nSPS) is 33.9. The molecule has 0 radical (unpaired) electrons. The van der Waals surface area contributed by atoms with Crippen LogP contribution in [0.15, 0.2) is 24.3 Å². The van der Waals surface area contributed by atoms with Crippen molar-refractivity contribution in [3.63, 3.8) is 0 Å². The van der Waals surface area contributed by atoms with E-state index in [4.69, 9.17) is 10.5 Å². The van der Waals surface area contributed by atoms with E-state index in [1.54, 1.807) is 6.07 Å². The van der Waals surface area contributed by atoms with Crippen LogP contribution in [0.1, 0.15) is 29.9 Å². The van der Waals surface area contributed by atoms with E-state index in [2.05, 4.69) is 0 Å². The van der Waals surface area contributed by atoms with E-state index in [0.29, 0.717) is 12.1 Å². The molecule has 0 aromatic heterocycles. The van der Waals surface area contributed by atoms with Crippen LogP contribution in [0.2, 0.25) is 0 Å². The van der Waals surface area contributed by atoms with Gasteiger partial charge in [-0.05, 0) is 31.0 Å². The third kappa shape index (κ3) is 2.15. The lowest BCUT2D eigenvalue weighted by Gasteiger charge is -2.27. The molecule has 2 bridgehead atoms. The highest BCUT2D eigenvalue weighted by atomic mass is 19.4. The van der Waals surface area contributed by atoms with Crippen LogP contribution in [-0.2, 0) is 10.9 Å². The lowest BCUT2D eigenvalue weighted by atomic mass is 9.75. The summed E-state index contributed by atoms with van der Waals surface area (Å²) in [4.78, 5) is 0. The number of nitrogens with two attached hydrogens (primary N) is 1. The van der Waals surface area contributed by atoms with Gasteiger partial charge in [-0.2, -0.15) is 13.2 Å². The van der Waals surface area contributed by atoms with Gasteiger partial charge < -0.3 is 10.5 Å². The number of alkyl halides is 3. The summed E-state index contributed by atoms with van der Waals surface area (Å²) in [7, 11) is 0. The highest BCUT2D eigenvalue weighted by Gasteiger charge is 2.49. The highest BCUT2D eigenvalue weighted by molar-refractivity contribution is 5.31. The maximum absolute atomic E-state index is 12.8. The molecule has 5 heteroatoms. The molecule has 4 unspecified atom stereocenters. The Labute approximate surface area is 109 Å². The van der Waals surface area contributed by atoms with Gasteiger partial charge in [0.15, 0.2) is 0 Å². The average molecular weight is 271 g/mol. The summed E-state index contributed by atoms with van der Waals surface area (Å²) in [5, 5.41) is 0. The minimum absolute atomic E-state index is 0.00560. The third-order valence-corrected chi connectivity index (χ3v) is 4.30. The van der Waals surface area contributed by atoms with Gasteiger partial charge in [0.05, 0.1) is 17.8 Å². The van der Waals surface area contributed by atoms with Gasteiger partial charge in [-0.1, -0.05) is 18.2 Å². The SMILES string of the molecule is NCC1C2CCC(O2)C1c1cccc(C(F)(F)F)c1. The number of hydrogen-bond acceptors (Lipinski definition) is 2. The van der Waals surface area contributed by atoms with Gasteiger partial charge in [0.1, 0.15) is 0 Å². The molecule has 0 aliphatic carbocycles. The number of benzene rings is 1. The second-order valence-corrected chi connectivity index (χ2v) is 5.34. The Balaban J connectivity index is 1.94. The highest BCUT2D eigenvalue weighted by Crippen LogP contribution is 2.48. The van der Waals surface area contributed by atoms with Crippen molar-refractivity contribution in [3.8, 4) is 0 Å². The largest absolute Gasteiger partial charge is 0.416 e. The van der Waals surface area contributed by atoms with Crippen LogP contribution >= 0.6 is 0 Å². The second kappa shape index (κ2) is 4.49. The van der Waals surface area contributed by atoms with Crippen LogP contribution in [0.25, 0.3) is 0 Å². The number of fused-ring (bicyclic) bond motifs is 2. The molecule has 104 valence electrons. The summed E-state index contributed by atoms with van der Waals surface area (Å²) >= 11 is 0. The van der Waals surface area contributed by atoms with Crippen LogP contribution < -0.4 is 5.73 Å². The fraction of sp³-hybridized carbons (Fsp3) is 0.571. The molecule has 0 spiro atoms. The van der Waals surface area contributed by atoms with Crippen molar-refractivity contribution in [2.45, 2.75) is 37.1 Å². The molecule has 3 rings (SSSR count). The number of halogens is 3. The van der Waals surface area contributed by atoms with E-state index in [-0.39, 0.29) is 24.0 Å². The summed E-state index contributed by atoms with van der Waals surface area (Å²) in [5.41, 5.74) is 5.88. The Kier molecular flexibility index (Phi) is 3.06. The van der Waals surface area contributed by atoms with E-state index >= 15 is 0 Å². The van der Waals surface area contributed by atoms with Gasteiger partial charge in [-0.15, -0.1) is 0 Å². The molecule has 2 nitrogen and oxygen atoms in total. The van der Waals surface area contributed by atoms with Crippen LogP contribution in [0.4, 0.5) is 13.2 Å². The van der Waals surface area contributed by atoms with E-state index in [9.17, 15) is 13.2 Å². The van der Waals surface area contributed by atoms with Crippen LogP contribution in [-0.4, -0.2) is 18.8 Å². The standard InChI is InChI=1S/C14H16F3NO/c15-14(16,17)9-3-1-2-8(6-9)13-10(7-18)11-4-5-12(13)19-11/h1-3,6,10-13H,4-5,7,18H2. The van der Waals surface area contributed by atoms with Gasteiger partial charge >= 0.3 is 6.18 Å². The predicted octanol–water partition coefficient (Wildman–Crippen LogP) is 2.93. The van der Waals surface area contributed by atoms with Crippen LogP contribution in [0, 0.1) is 5.92 Å². The zero-order valence-electron chi connectivity index (χ0n) is 10.4. The van der Waals surface area contributed by atoms with E-state index in [1.807, 2.05) is 0 Å². The van der Waals surface area contributed by atoms with Gasteiger partial charge in [0.25, 0.3) is 0 Å². The lowest BCUT2D eigenvalue weighted by molar-refractivity contribution is -0.137. The molecular weight excluding hydrogens is 255 g/mol. The molecular formula is C14H16F3NO. The Hall–Kier alpha value is -1.07. The minimum Gasteiger partial charge on any atom is -0.374 e. The van der Waals surface area contributed by atoms with Crippen LogP contribution in [0.5, 0.6) is 0 Å². The molecule has 1 aromatic rings. The first-order valence-electron chi connectivity index (χ1n) is 6.53. The first-order valence-corrected chi connectivity index (χ1v) is 6.53. The molecule has 2 aliphatic rings. The average Bonchev–Trinajstić information content (AvgIpc) is 2.97. The van der Waals surface area contributed by atoms with E-state index in [1.165, 1.54) is 12.1 Å². The molecule has 2 heterocycles. The van der Waals surface area contributed by atoms with E-state index < -0.39 is 11.7 Å². The molecule has 0 saturated carbocycles. The molecule has 2 saturated heterocycles. The number of hydrogen-bond donors (Lipinski definition) is 1. The van der Waals surface area contributed by atoms with E-state index in [0.717, 1.165) is 18.9 Å². The number of rotatable bonds is 2. The van der Waals surface area contributed by atoms with Crippen molar-refractivity contribution in [1.82, 2.24) is 0 Å². The summed E-state index contributed by atoms with van der Waals surface area (Å²) in [6, 6.07) is 5.58. The van der Waals surface area contributed by atoms with Crippen molar-refractivity contribution >= 4 is 0 Å². The van der Waals surface area contributed by atoms with Crippen molar-refractivity contribution in [2.24, 2.45) is 11.7 Å². The van der Waals surface area contributed by atoms with Crippen molar-refractivity contribution < 1.29 is 17.9 Å². The van der Waals surface area contributed by atoms with Gasteiger partial charge in [-0.25, -0.2) is 0 Å². The Morgan fingerprint density at radius 2 is 1.95 bits per heavy atom. The van der Waals surface area contributed by atoms with Gasteiger partial charge in [0.2, 0.25) is 0 Å². The maximum Gasteiger partial charge on any atom is 0.416 e. The quantitative estimate of drug-likeness (QED) is 0.897. The van der Waals surface area contributed by atoms with Crippen molar-refractivity contribution in [2.75, 3.05) is 6.54 Å². The monoisotopic (exact) mass is 271 g/mol. The molecule has 4 atom stereocenters. The van der Waals surface area contributed by atoms with Gasteiger partial charge in [-0.3, -0.25) is 0 Å². The molecule has 0 amide bonds. The zero-order chi connectivity index (χ0) is 13.6. The predicted molar refractivity (Wildman–Crippen MR) is 64.6 cm³/mol. The molecule has 2 fully saturated rings. The van der Waals surface area contributed by atoms with Crippen molar-refractivity contribution in [3.05, 3.63) is 35.4 Å². The van der Waals surface area contributed by atoms with Crippen LogP contribution in [0.3, 0.4) is 0 Å². The molecule has 2 aliphatic heterocycles. The summed E-state index contributed by atoms with van der Waals surface area (Å²) in [6.45, 7) is 0.460. The van der Waals surface area contributed by atoms with Gasteiger partial charge in [0, 0.05) is 11.8 Å². The summed E-state index contributed by atoms with van der Waals surface area (Å²) in [5.74, 6) is 0.147. The summed E-state index contributed by atoms with van der Waals surface area (Å²) < 4.78 is 44.1. The minimum atomic E-state index is -4.30. The zero-order valence-corrected chi connectivity index (χ0v) is 10.4. The Morgan fingerprint density at radius 1 is 1.21 bits per heavy atom. The molecule has 2 N–H and O–H groups in total. The molecule has 19 heavy (non-hydrogen) atoms. The Bertz CT molecular complexity index is 474. The molecule has 1 aromatic carbocycles. The maximum atomic E-state index is 12.8. The smallest absolute Gasteiger partial charge is 0.374 e. The summed E-state index contributed by atoms with van der Waals surface area (Å²) in [6.07, 6.45) is -2.26. The first-order chi connectivity index (χ1) is 9.00.